The molecule has 1 N–H and O–H groups in total. The minimum absolute atomic E-state index is 0.119. The van der Waals surface area contributed by atoms with Gasteiger partial charge in [0.2, 0.25) is 0 Å². The minimum Gasteiger partial charge on any atom is -0.384 e. The van der Waals surface area contributed by atoms with Crippen LogP contribution in [-0.2, 0) is 11.2 Å². The molecule has 11 heavy (non-hydrogen) atoms. The Hall–Kier alpha value is -1.16. The second-order valence-electron chi connectivity index (χ2n) is 2.12. The molecular formula is C7H10N2O2. The maximum atomic E-state index is 10.7. The number of hydrogen-bond acceptors (Lipinski definition) is 3. The van der Waals surface area contributed by atoms with E-state index in [1.54, 1.807) is 7.11 Å². The van der Waals surface area contributed by atoms with Crippen LogP contribution in [0.15, 0.2) is 17.1 Å². The molecular weight excluding hydrogens is 144 g/mol. The Morgan fingerprint density at radius 1 is 1.73 bits per heavy atom. The van der Waals surface area contributed by atoms with Crippen molar-refractivity contribution in [3.05, 3.63) is 28.4 Å². The molecule has 1 aromatic rings. The molecule has 0 amide bonds. The van der Waals surface area contributed by atoms with E-state index in [0.29, 0.717) is 18.9 Å². The Morgan fingerprint density at radius 2 is 2.55 bits per heavy atom. The van der Waals surface area contributed by atoms with Gasteiger partial charge in [-0.25, -0.2) is 4.98 Å². The van der Waals surface area contributed by atoms with Crippen molar-refractivity contribution >= 4 is 0 Å². The molecule has 1 heterocycles. The molecule has 4 nitrogen and oxygen atoms in total. The molecule has 0 aromatic carbocycles. The first-order valence-corrected chi connectivity index (χ1v) is 3.36. The van der Waals surface area contributed by atoms with Crippen LogP contribution in [0.2, 0.25) is 0 Å². The van der Waals surface area contributed by atoms with Crippen LogP contribution in [0.1, 0.15) is 5.82 Å². The van der Waals surface area contributed by atoms with Crippen molar-refractivity contribution in [3.63, 3.8) is 0 Å². The molecule has 0 atom stereocenters. The quantitative estimate of drug-likeness (QED) is 0.664. The summed E-state index contributed by atoms with van der Waals surface area (Å²) in [6.45, 7) is 0.576. The summed E-state index contributed by atoms with van der Waals surface area (Å²) in [6, 6.07) is 1.39. The maximum Gasteiger partial charge on any atom is 0.250 e. The van der Waals surface area contributed by atoms with E-state index in [-0.39, 0.29) is 5.56 Å². The van der Waals surface area contributed by atoms with E-state index in [2.05, 4.69) is 9.97 Å². The Labute approximate surface area is 64.2 Å². The molecule has 0 saturated heterocycles. The van der Waals surface area contributed by atoms with E-state index in [9.17, 15) is 4.79 Å². The Bertz CT molecular complexity index is 269. The zero-order valence-electron chi connectivity index (χ0n) is 6.33. The van der Waals surface area contributed by atoms with Crippen molar-refractivity contribution in [2.45, 2.75) is 6.42 Å². The SMILES string of the molecule is COCCc1nccc(=O)[nH]1. The fourth-order valence-corrected chi connectivity index (χ4v) is 0.737. The lowest BCUT2D eigenvalue weighted by Gasteiger charge is -1.96. The lowest BCUT2D eigenvalue weighted by atomic mass is 10.4. The lowest BCUT2D eigenvalue weighted by molar-refractivity contribution is 0.200. The third-order valence-electron chi connectivity index (χ3n) is 1.27. The van der Waals surface area contributed by atoms with Crippen molar-refractivity contribution in [3.8, 4) is 0 Å². The Morgan fingerprint density at radius 3 is 3.18 bits per heavy atom. The predicted octanol–water partition coefficient (Wildman–Crippen LogP) is -0.0412. The minimum atomic E-state index is -0.119. The van der Waals surface area contributed by atoms with Gasteiger partial charge in [-0.2, -0.15) is 0 Å². The van der Waals surface area contributed by atoms with E-state index in [1.165, 1.54) is 12.3 Å². The van der Waals surface area contributed by atoms with Gasteiger partial charge in [-0.15, -0.1) is 0 Å². The van der Waals surface area contributed by atoms with E-state index >= 15 is 0 Å². The fourth-order valence-electron chi connectivity index (χ4n) is 0.737. The molecule has 0 aliphatic heterocycles. The number of aromatic amines is 1. The van der Waals surface area contributed by atoms with Gasteiger partial charge >= 0.3 is 0 Å². The Kier molecular flexibility index (Phi) is 2.80. The number of ether oxygens (including phenoxy) is 1. The van der Waals surface area contributed by atoms with Crippen molar-refractivity contribution in [2.75, 3.05) is 13.7 Å². The van der Waals surface area contributed by atoms with Crippen molar-refractivity contribution in [1.29, 1.82) is 0 Å². The standard InChI is InChI=1S/C7H10N2O2/c1-11-5-3-6-8-4-2-7(10)9-6/h2,4H,3,5H2,1H3,(H,8,9,10). The van der Waals surface area contributed by atoms with Crippen LogP contribution in [0.25, 0.3) is 0 Å². The van der Waals surface area contributed by atoms with Crippen LogP contribution in [0.3, 0.4) is 0 Å². The number of aromatic nitrogens is 2. The molecule has 0 radical (unpaired) electrons. The van der Waals surface area contributed by atoms with E-state index < -0.39 is 0 Å². The van der Waals surface area contributed by atoms with E-state index in [0.717, 1.165) is 0 Å². The number of nitrogens with zero attached hydrogens (tertiary/aromatic N) is 1. The molecule has 0 saturated carbocycles. The van der Waals surface area contributed by atoms with Crippen molar-refractivity contribution < 1.29 is 4.74 Å². The molecule has 0 aliphatic carbocycles. The van der Waals surface area contributed by atoms with Gasteiger partial charge in [0.15, 0.2) is 0 Å². The average molecular weight is 154 g/mol. The van der Waals surface area contributed by atoms with Gasteiger partial charge in [0, 0.05) is 25.8 Å². The molecule has 4 heteroatoms. The van der Waals surface area contributed by atoms with Crippen LogP contribution < -0.4 is 5.56 Å². The summed E-state index contributed by atoms with van der Waals surface area (Å²) >= 11 is 0. The second-order valence-corrected chi connectivity index (χ2v) is 2.12. The Balaban J connectivity index is 2.64. The first-order valence-electron chi connectivity index (χ1n) is 3.36. The first kappa shape index (κ1) is 7.94. The smallest absolute Gasteiger partial charge is 0.250 e. The third kappa shape index (κ3) is 2.51. The number of hydrogen-bond donors (Lipinski definition) is 1. The van der Waals surface area contributed by atoms with Gasteiger partial charge in [-0.3, -0.25) is 4.79 Å². The summed E-state index contributed by atoms with van der Waals surface area (Å²) in [5, 5.41) is 0. The van der Waals surface area contributed by atoms with Gasteiger partial charge in [0.1, 0.15) is 5.82 Å². The summed E-state index contributed by atoms with van der Waals surface area (Å²) in [5.41, 5.74) is -0.119. The van der Waals surface area contributed by atoms with Gasteiger partial charge in [-0.1, -0.05) is 0 Å². The monoisotopic (exact) mass is 154 g/mol. The second kappa shape index (κ2) is 3.88. The summed E-state index contributed by atoms with van der Waals surface area (Å²) < 4.78 is 4.82. The molecule has 0 aliphatic rings. The molecule has 0 fully saturated rings. The van der Waals surface area contributed by atoms with Gasteiger partial charge in [0.05, 0.1) is 6.61 Å². The van der Waals surface area contributed by atoms with Crippen LogP contribution in [-0.4, -0.2) is 23.7 Å². The number of rotatable bonds is 3. The average Bonchev–Trinajstić information content (AvgIpc) is 2.01. The number of methoxy groups -OCH3 is 1. The number of nitrogens with one attached hydrogen (secondary N) is 1. The highest BCUT2D eigenvalue weighted by molar-refractivity contribution is 4.89. The maximum absolute atomic E-state index is 10.7. The molecule has 1 rings (SSSR count). The lowest BCUT2D eigenvalue weighted by Crippen LogP contribution is -2.10. The molecule has 0 unspecified atom stereocenters. The van der Waals surface area contributed by atoms with Gasteiger partial charge in [-0.05, 0) is 0 Å². The number of H-pyrrole nitrogens is 1. The highest BCUT2D eigenvalue weighted by Crippen LogP contribution is 1.85. The molecule has 0 bridgehead atoms. The summed E-state index contributed by atoms with van der Waals surface area (Å²) in [4.78, 5) is 17.3. The summed E-state index contributed by atoms with van der Waals surface area (Å²) in [7, 11) is 1.61. The highest BCUT2D eigenvalue weighted by atomic mass is 16.5. The zero-order chi connectivity index (χ0) is 8.10. The van der Waals surface area contributed by atoms with Crippen molar-refractivity contribution in [1.82, 2.24) is 9.97 Å². The molecule has 0 spiro atoms. The first-order chi connectivity index (χ1) is 5.33. The van der Waals surface area contributed by atoms with Gasteiger partial charge < -0.3 is 9.72 Å². The van der Waals surface area contributed by atoms with Crippen LogP contribution >= 0.6 is 0 Å². The summed E-state index contributed by atoms with van der Waals surface area (Å²) in [5.74, 6) is 0.666. The fraction of sp³-hybridized carbons (Fsp3) is 0.429. The van der Waals surface area contributed by atoms with E-state index in [1.807, 2.05) is 0 Å². The predicted molar refractivity (Wildman–Crippen MR) is 40.4 cm³/mol. The van der Waals surface area contributed by atoms with Crippen LogP contribution in [0, 0.1) is 0 Å². The normalized spacial score (nSPS) is 9.91. The van der Waals surface area contributed by atoms with E-state index in [4.69, 9.17) is 4.74 Å². The van der Waals surface area contributed by atoms with Crippen LogP contribution in [0.5, 0.6) is 0 Å². The topological polar surface area (TPSA) is 55.0 Å². The largest absolute Gasteiger partial charge is 0.384 e. The zero-order valence-corrected chi connectivity index (χ0v) is 6.33. The van der Waals surface area contributed by atoms with Crippen molar-refractivity contribution in [2.24, 2.45) is 0 Å². The van der Waals surface area contributed by atoms with Crippen LogP contribution in [0.4, 0.5) is 0 Å². The summed E-state index contributed by atoms with van der Waals surface area (Å²) in [6.07, 6.45) is 2.14. The van der Waals surface area contributed by atoms with Gasteiger partial charge in [0.25, 0.3) is 5.56 Å². The molecule has 60 valence electrons. The highest BCUT2D eigenvalue weighted by Gasteiger charge is 1.92. The molecule has 1 aromatic heterocycles. The third-order valence-corrected chi connectivity index (χ3v) is 1.27.